The van der Waals surface area contributed by atoms with Gasteiger partial charge in [0.25, 0.3) is 0 Å². The van der Waals surface area contributed by atoms with Gasteiger partial charge in [0.15, 0.2) is 5.96 Å². The van der Waals surface area contributed by atoms with Crippen LogP contribution >= 0.6 is 24.0 Å². The zero-order valence-corrected chi connectivity index (χ0v) is 21.0. The Balaban J connectivity index is 0.00000363. The zero-order chi connectivity index (χ0) is 22.1. The van der Waals surface area contributed by atoms with E-state index >= 15 is 0 Å². The Labute approximate surface area is 205 Å². The molecule has 0 aliphatic rings. The summed E-state index contributed by atoms with van der Waals surface area (Å²) in [7, 11) is -3.42. The molecule has 0 amide bonds. The summed E-state index contributed by atoms with van der Waals surface area (Å²) < 4.78 is 40.3. The number of hydrogen-bond donors (Lipinski definition) is 4. The lowest BCUT2D eigenvalue weighted by molar-refractivity contribution is 0.581. The van der Waals surface area contributed by atoms with Gasteiger partial charge < -0.3 is 15.6 Å². The highest BCUT2D eigenvalue weighted by Gasteiger charge is 2.10. The van der Waals surface area contributed by atoms with Gasteiger partial charge in [-0.05, 0) is 42.7 Å². The maximum absolute atomic E-state index is 13.3. The van der Waals surface area contributed by atoms with Crippen LogP contribution < -0.4 is 15.4 Å². The summed E-state index contributed by atoms with van der Waals surface area (Å²) in [6, 6.07) is 14.1. The topological polar surface area (TPSA) is 98.4 Å². The molecule has 1 heterocycles. The van der Waals surface area contributed by atoms with Crippen molar-refractivity contribution in [1.82, 2.24) is 20.3 Å². The molecule has 32 heavy (non-hydrogen) atoms. The largest absolute Gasteiger partial charge is 0.361 e. The summed E-state index contributed by atoms with van der Waals surface area (Å²) in [4.78, 5) is 7.44. The molecule has 7 nitrogen and oxygen atoms in total. The summed E-state index contributed by atoms with van der Waals surface area (Å²) in [6.45, 7) is 3.63. The van der Waals surface area contributed by atoms with Crippen molar-refractivity contribution in [2.24, 2.45) is 4.99 Å². The van der Waals surface area contributed by atoms with Gasteiger partial charge in [0.2, 0.25) is 10.0 Å². The molecule has 0 spiro atoms. The van der Waals surface area contributed by atoms with Crippen LogP contribution in [0.4, 0.5) is 4.39 Å². The van der Waals surface area contributed by atoms with Crippen LogP contribution in [0.25, 0.3) is 10.9 Å². The molecule has 0 aliphatic heterocycles. The number of aromatic amines is 1. The van der Waals surface area contributed by atoms with Crippen molar-refractivity contribution in [3.05, 3.63) is 71.7 Å². The molecule has 1 aromatic heterocycles. The standard InChI is InChI=1S/C22H28FN5O2S.HI/c1-2-24-22(25-11-10-18-16-27-21-14-19(23)8-9-20(18)21)26-12-13-31(29,30)28-15-17-6-4-3-5-7-17;/h3-9,14,16,27-28H,2,10-13,15H2,1H3,(H2,24,25,26);1H. The van der Waals surface area contributed by atoms with Crippen LogP contribution in [0.15, 0.2) is 59.7 Å². The SMILES string of the molecule is CCNC(=NCCS(=O)(=O)NCc1ccccc1)NCCc1c[nH]c2cc(F)ccc12.I. The number of rotatable bonds is 10. The Morgan fingerprint density at radius 1 is 1.12 bits per heavy atom. The summed E-state index contributed by atoms with van der Waals surface area (Å²) in [5.41, 5.74) is 2.75. The second kappa shape index (κ2) is 12.8. The molecular formula is C22H29FIN5O2S. The minimum atomic E-state index is -3.42. The highest BCUT2D eigenvalue weighted by molar-refractivity contribution is 14.0. The molecule has 10 heteroatoms. The number of sulfonamides is 1. The molecule has 0 atom stereocenters. The zero-order valence-electron chi connectivity index (χ0n) is 17.9. The molecule has 0 aliphatic carbocycles. The molecule has 0 bridgehead atoms. The van der Waals surface area contributed by atoms with E-state index in [-0.39, 0.29) is 48.6 Å². The van der Waals surface area contributed by atoms with Crippen LogP contribution in [-0.2, 0) is 23.0 Å². The van der Waals surface area contributed by atoms with E-state index in [0.717, 1.165) is 22.0 Å². The predicted octanol–water partition coefficient (Wildman–Crippen LogP) is 3.14. The molecule has 0 fully saturated rings. The summed E-state index contributed by atoms with van der Waals surface area (Å²) in [6.07, 6.45) is 2.59. The van der Waals surface area contributed by atoms with Crippen LogP contribution in [0.1, 0.15) is 18.1 Å². The van der Waals surface area contributed by atoms with Gasteiger partial charge in [0.05, 0.1) is 12.3 Å². The molecule has 174 valence electrons. The van der Waals surface area contributed by atoms with Gasteiger partial charge in [-0.1, -0.05) is 30.3 Å². The number of H-pyrrole nitrogens is 1. The van der Waals surface area contributed by atoms with E-state index in [2.05, 4.69) is 25.3 Å². The lowest BCUT2D eigenvalue weighted by Crippen LogP contribution is -2.39. The maximum Gasteiger partial charge on any atom is 0.213 e. The van der Waals surface area contributed by atoms with Gasteiger partial charge in [0.1, 0.15) is 5.82 Å². The third kappa shape index (κ3) is 8.06. The molecular weight excluding hydrogens is 544 g/mol. The van der Waals surface area contributed by atoms with Gasteiger partial charge in [-0.25, -0.2) is 17.5 Å². The van der Waals surface area contributed by atoms with E-state index in [9.17, 15) is 12.8 Å². The first-order valence-corrected chi connectivity index (χ1v) is 11.9. The van der Waals surface area contributed by atoms with Gasteiger partial charge in [0, 0.05) is 36.7 Å². The second-order valence-electron chi connectivity index (χ2n) is 7.07. The third-order valence-electron chi connectivity index (χ3n) is 4.73. The first-order valence-electron chi connectivity index (χ1n) is 10.3. The number of nitrogens with one attached hydrogen (secondary N) is 4. The van der Waals surface area contributed by atoms with E-state index in [0.29, 0.717) is 25.5 Å². The molecule has 0 unspecified atom stereocenters. The van der Waals surface area contributed by atoms with Gasteiger partial charge >= 0.3 is 0 Å². The second-order valence-corrected chi connectivity index (χ2v) is 8.99. The Morgan fingerprint density at radius 2 is 1.91 bits per heavy atom. The lowest BCUT2D eigenvalue weighted by atomic mass is 10.1. The van der Waals surface area contributed by atoms with Crippen molar-refractivity contribution >= 4 is 50.9 Å². The average molecular weight is 573 g/mol. The maximum atomic E-state index is 13.3. The smallest absolute Gasteiger partial charge is 0.213 e. The van der Waals surface area contributed by atoms with E-state index in [1.54, 1.807) is 6.07 Å². The number of aliphatic imine (C=N–C) groups is 1. The third-order valence-corrected chi connectivity index (χ3v) is 6.03. The number of nitrogens with zero attached hydrogens (tertiary/aromatic N) is 1. The van der Waals surface area contributed by atoms with Crippen LogP contribution in [-0.4, -0.2) is 44.7 Å². The fourth-order valence-electron chi connectivity index (χ4n) is 3.16. The molecule has 0 radical (unpaired) electrons. The number of halogens is 2. The highest BCUT2D eigenvalue weighted by Crippen LogP contribution is 2.19. The van der Waals surface area contributed by atoms with Crippen LogP contribution in [0, 0.1) is 5.82 Å². The minimum absolute atomic E-state index is 0. The van der Waals surface area contributed by atoms with E-state index in [4.69, 9.17) is 0 Å². The van der Waals surface area contributed by atoms with Crippen LogP contribution in [0.2, 0.25) is 0 Å². The van der Waals surface area contributed by atoms with Crippen molar-refractivity contribution in [2.45, 2.75) is 19.9 Å². The van der Waals surface area contributed by atoms with Crippen LogP contribution in [0.5, 0.6) is 0 Å². The van der Waals surface area contributed by atoms with Gasteiger partial charge in [-0.3, -0.25) is 4.99 Å². The quantitative estimate of drug-likeness (QED) is 0.170. The predicted molar refractivity (Wildman–Crippen MR) is 138 cm³/mol. The van der Waals surface area contributed by atoms with Crippen molar-refractivity contribution < 1.29 is 12.8 Å². The average Bonchev–Trinajstić information content (AvgIpc) is 3.15. The number of hydrogen-bond acceptors (Lipinski definition) is 3. The molecule has 4 N–H and O–H groups in total. The van der Waals surface area contributed by atoms with Crippen molar-refractivity contribution in [1.29, 1.82) is 0 Å². The Bertz CT molecular complexity index is 1120. The van der Waals surface area contributed by atoms with Crippen molar-refractivity contribution in [3.8, 4) is 0 Å². The lowest BCUT2D eigenvalue weighted by Gasteiger charge is -2.11. The normalized spacial score (nSPS) is 11.9. The van der Waals surface area contributed by atoms with E-state index in [1.807, 2.05) is 43.5 Å². The molecule has 2 aromatic carbocycles. The van der Waals surface area contributed by atoms with E-state index < -0.39 is 10.0 Å². The molecule has 3 rings (SSSR count). The number of aromatic nitrogens is 1. The Hall–Kier alpha value is -2.18. The van der Waals surface area contributed by atoms with Crippen LogP contribution in [0.3, 0.4) is 0 Å². The Kier molecular flexibility index (Phi) is 10.4. The fraction of sp³-hybridized carbons (Fsp3) is 0.318. The van der Waals surface area contributed by atoms with Gasteiger partial charge in [-0.15, -0.1) is 24.0 Å². The van der Waals surface area contributed by atoms with Crippen molar-refractivity contribution in [2.75, 3.05) is 25.4 Å². The molecule has 3 aromatic rings. The summed E-state index contributed by atoms with van der Waals surface area (Å²) in [5, 5.41) is 7.32. The van der Waals surface area contributed by atoms with Gasteiger partial charge in [-0.2, -0.15) is 0 Å². The first-order chi connectivity index (χ1) is 15.0. The minimum Gasteiger partial charge on any atom is -0.361 e. The molecule has 0 saturated heterocycles. The summed E-state index contributed by atoms with van der Waals surface area (Å²) in [5.74, 6) is 0.199. The van der Waals surface area contributed by atoms with E-state index in [1.165, 1.54) is 12.1 Å². The number of guanidine groups is 1. The summed E-state index contributed by atoms with van der Waals surface area (Å²) >= 11 is 0. The first kappa shape index (κ1) is 26.1. The Morgan fingerprint density at radius 3 is 2.66 bits per heavy atom. The monoisotopic (exact) mass is 573 g/mol. The molecule has 0 saturated carbocycles. The highest BCUT2D eigenvalue weighted by atomic mass is 127. The van der Waals surface area contributed by atoms with Crippen molar-refractivity contribution in [3.63, 3.8) is 0 Å². The number of fused-ring (bicyclic) bond motifs is 1. The fourth-order valence-corrected chi connectivity index (χ4v) is 4.02. The number of benzene rings is 2.